The molecule has 5 rings (SSSR count). The monoisotopic (exact) mass is 465 g/mol. The lowest BCUT2D eigenvalue weighted by atomic mass is 9.85. The summed E-state index contributed by atoms with van der Waals surface area (Å²) < 4.78 is 19.4. The number of aryl methyl sites for hydroxylation is 1. The maximum absolute atomic E-state index is 12.8. The van der Waals surface area contributed by atoms with Crippen molar-refractivity contribution in [2.75, 3.05) is 31.6 Å². The summed E-state index contributed by atoms with van der Waals surface area (Å²) in [5.74, 6) is -0.499. The Morgan fingerprint density at radius 1 is 1.21 bits per heavy atom. The maximum Gasteiger partial charge on any atom is 0.419 e. The number of anilines is 1. The third kappa shape index (κ3) is 4.66. The van der Waals surface area contributed by atoms with Crippen molar-refractivity contribution in [2.24, 2.45) is 0 Å². The second-order valence-corrected chi connectivity index (χ2v) is 9.13. The Kier molecular flexibility index (Phi) is 6.54. The number of carbonyl (C=O) groups excluding carboxylic acids is 1. The van der Waals surface area contributed by atoms with Gasteiger partial charge in [-0.15, -0.1) is 0 Å². The molecule has 8 nitrogen and oxygen atoms in total. The van der Waals surface area contributed by atoms with E-state index >= 15 is 0 Å². The van der Waals surface area contributed by atoms with Crippen LogP contribution in [0.15, 0.2) is 57.7 Å². The number of amides is 1. The molecule has 2 aromatic carbocycles. The minimum atomic E-state index is -0.390. The molecule has 0 aliphatic carbocycles. The van der Waals surface area contributed by atoms with Crippen LogP contribution in [0.1, 0.15) is 31.7 Å². The fourth-order valence-corrected chi connectivity index (χ4v) is 5.14. The smallest absolute Gasteiger partial charge is 0.408 e. The standard InChI is InChI=1S/C26H31N3O5/c1-2-29-21-10-9-20(15-22(21)34-25(29)31)27-24(30)17-28-13-12-26(11-6-14-33-26)23(16-28)32-18-19-7-4-3-5-8-19/h3-5,7-10,15,23H,2,6,11-14,16-18H2,1H3,(H,27,30)/t23-,26-/m1/s1. The van der Waals surface area contributed by atoms with Crippen LogP contribution < -0.4 is 11.1 Å². The quantitative estimate of drug-likeness (QED) is 0.576. The van der Waals surface area contributed by atoms with E-state index in [0.717, 1.165) is 43.5 Å². The zero-order valence-corrected chi connectivity index (χ0v) is 19.5. The second kappa shape index (κ2) is 9.74. The first-order valence-electron chi connectivity index (χ1n) is 12.0. The summed E-state index contributed by atoms with van der Waals surface area (Å²) in [6.45, 7) is 5.41. The molecule has 1 N–H and O–H groups in total. The normalized spacial score (nSPS) is 23.0. The van der Waals surface area contributed by atoms with E-state index in [0.29, 0.717) is 31.0 Å². The van der Waals surface area contributed by atoms with E-state index in [4.69, 9.17) is 13.9 Å². The van der Waals surface area contributed by atoms with Crippen LogP contribution in [0.3, 0.4) is 0 Å². The van der Waals surface area contributed by atoms with Gasteiger partial charge in [-0.3, -0.25) is 14.3 Å². The van der Waals surface area contributed by atoms with Crippen molar-refractivity contribution in [3.8, 4) is 0 Å². The van der Waals surface area contributed by atoms with Gasteiger partial charge in [0.05, 0.1) is 30.4 Å². The lowest BCUT2D eigenvalue weighted by Crippen LogP contribution is -2.57. The van der Waals surface area contributed by atoms with Gasteiger partial charge in [-0.25, -0.2) is 4.79 Å². The van der Waals surface area contributed by atoms with E-state index in [9.17, 15) is 9.59 Å². The SMILES string of the molecule is CCn1c(=O)oc2cc(NC(=O)CN3CC[C@]4(CCCO4)[C@H](OCc4ccccc4)C3)ccc21. The lowest BCUT2D eigenvalue weighted by molar-refractivity contribution is -0.159. The Morgan fingerprint density at radius 3 is 2.82 bits per heavy atom. The number of ether oxygens (including phenoxy) is 2. The molecule has 1 spiro atoms. The summed E-state index contributed by atoms with van der Waals surface area (Å²) in [5.41, 5.74) is 2.68. The fraction of sp³-hybridized carbons (Fsp3) is 0.462. The molecule has 0 radical (unpaired) electrons. The van der Waals surface area contributed by atoms with Crippen LogP contribution >= 0.6 is 0 Å². The molecule has 0 saturated carbocycles. The molecule has 2 aliphatic heterocycles. The van der Waals surface area contributed by atoms with E-state index in [2.05, 4.69) is 22.3 Å². The summed E-state index contributed by atoms with van der Waals surface area (Å²) in [6.07, 6.45) is 2.80. The second-order valence-electron chi connectivity index (χ2n) is 9.13. The van der Waals surface area contributed by atoms with Gasteiger partial charge in [0.25, 0.3) is 0 Å². The first kappa shape index (κ1) is 22.8. The van der Waals surface area contributed by atoms with Crippen LogP contribution in [-0.2, 0) is 27.4 Å². The van der Waals surface area contributed by atoms with Gasteiger partial charge in [0.15, 0.2) is 5.58 Å². The van der Waals surface area contributed by atoms with Crippen molar-refractivity contribution >= 4 is 22.7 Å². The van der Waals surface area contributed by atoms with Gasteiger partial charge < -0.3 is 19.2 Å². The highest BCUT2D eigenvalue weighted by atomic mass is 16.6. The molecular formula is C26H31N3O5. The molecule has 1 aromatic heterocycles. The van der Waals surface area contributed by atoms with Gasteiger partial charge in [-0.05, 0) is 43.9 Å². The van der Waals surface area contributed by atoms with Crippen LogP contribution in [-0.4, -0.2) is 53.3 Å². The molecule has 2 saturated heterocycles. The Labute approximate surface area is 198 Å². The topological polar surface area (TPSA) is 85.9 Å². The molecule has 0 bridgehead atoms. The first-order chi connectivity index (χ1) is 16.6. The first-order valence-corrected chi connectivity index (χ1v) is 12.0. The van der Waals surface area contributed by atoms with Gasteiger partial charge in [0.1, 0.15) is 0 Å². The summed E-state index contributed by atoms with van der Waals surface area (Å²) in [7, 11) is 0. The van der Waals surface area contributed by atoms with Crippen molar-refractivity contribution in [2.45, 2.75) is 51.0 Å². The average Bonchev–Trinajstić information content (AvgIpc) is 3.43. The number of hydrogen-bond acceptors (Lipinski definition) is 6. The van der Waals surface area contributed by atoms with Crippen molar-refractivity contribution in [3.63, 3.8) is 0 Å². The highest BCUT2D eigenvalue weighted by Gasteiger charge is 2.47. The van der Waals surface area contributed by atoms with E-state index in [1.54, 1.807) is 22.8 Å². The zero-order chi connectivity index (χ0) is 23.5. The number of likely N-dealkylation sites (tertiary alicyclic amines) is 1. The molecule has 180 valence electrons. The molecule has 2 aliphatic rings. The minimum Gasteiger partial charge on any atom is -0.408 e. The van der Waals surface area contributed by atoms with Gasteiger partial charge in [0, 0.05) is 38.0 Å². The zero-order valence-electron chi connectivity index (χ0n) is 19.5. The fourth-order valence-electron chi connectivity index (χ4n) is 5.14. The molecule has 2 atom stereocenters. The number of piperidine rings is 1. The van der Waals surface area contributed by atoms with Crippen LogP contribution in [0.4, 0.5) is 5.69 Å². The van der Waals surface area contributed by atoms with Crippen molar-refractivity contribution in [1.82, 2.24) is 9.47 Å². The number of benzene rings is 2. The maximum atomic E-state index is 12.8. The number of hydrogen-bond donors (Lipinski definition) is 1. The Bertz CT molecular complexity index is 1200. The highest BCUT2D eigenvalue weighted by molar-refractivity contribution is 5.94. The number of fused-ring (bicyclic) bond motifs is 1. The van der Waals surface area contributed by atoms with Crippen LogP contribution in [0.2, 0.25) is 0 Å². The highest BCUT2D eigenvalue weighted by Crippen LogP contribution is 2.38. The number of nitrogens with one attached hydrogen (secondary N) is 1. The average molecular weight is 466 g/mol. The number of aromatic nitrogens is 1. The largest absolute Gasteiger partial charge is 0.419 e. The molecule has 2 fully saturated rings. The van der Waals surface area contributed by atoms with Crippen molar-refractivity contribution in [3.05, 3.63) is 64.6 Å². The molecule has 3 heterocycles. The molecule has 8 heteroatoms. The Balaban J connectivity index is 1.22. The predicted octanol–water partition coefficient (Wildman–Crippen LogP) is 3.39. The molecule has 1 amide bonds. The molecule has 34 heavy (non-hydrogen) atoms. The van der Waals surface area contributed by atoms with E-state index in [1.807, 2.05) is 25.1 Å². The Hall–Kier alpha value is -2.94. The summed E-state index contributed by atoms with van der Waals surface area (Å²) in [5, 5.41) is 2.94. The van der Waals surface area contributed by atoms with Crippen LogP contribution in [0.25, 0.3) is 11.1 Å². The van der Waals surface area contributed by atoms with E-state index in [1.165, 1.54) is 0 Å². The third-order valence-corrected chi connectivity index (χ3v) is 6.93. The van der Waals surface area contributed by atoms with Gasteiger partial charge in [0.2, 0.25) is 5.91 Å². The third-order valence-electron chi connectivity index (χ3n) is 6.93. The molecular weight excluding hydrogens is 434 g/mol. The van der Waals surface area contributed by atoms with Gasteiger partial charge in [-0.1, -0.05) is 30.3 Å². The lowest BCUT2D eigenvalue weighted by Gasteiger charge is -2.44. The minimum absolute atomic E-state index is 0.0869. The molecule has 3 aromatic rings. The van der Waals surface area contributed by atoms with Gasteiger partial charge >= 0.3 is 5.76 Å². The number of carbonyl (C=O) groups is 1. The van der Waals surface area contributed by atoms with Crippen molar-refractivity contribution < 1.29 is 18.7 Å². The Morgan fingerprint density at radius 2 is 2.06 bits per heavy atom. The number of oxazole rings is 1. The van der Waals surface area contributed by atoms with E-state index < -0.39 is 0 Å². The van der Waals surface area contributed by atoms with Crippen LogP contribution in [0.5, 0.6) is 0 Å². The van der Waals surface area contributed by atoms with Crippen LogP contribution in [0, 0.1) is 0 Å². The van der Waals surface area contributed by atoms with E-state index in [-0.39, 0.29) is 29.9 Å². The summed E-state index contributed by atoms with van der Waals surface area (Å²) >= 11 is 0. The summed E-state index contributed by atoms with van der Waals surface area (Å²) in [4.78, 5) is 26.9. The summed E-state index contributed by atoms with van der Waals surface area (Å²) in [6, 6.07) is 15.4. The number of rotatable bonds is 7. The number of nitrogens with zero attached hydrogens (tertiary/aromatic N) is 2. The predicted molar refractivity (Wildman–Crippen MR) is 129 cm³/mol. The van der Waals surface area contributed by atoms with Crippen molar-refractivity contribution in [1.29, 1.82) is 0 Å². The van der Waals surface area contributed by atoms with Gasteiger partial charge in [-0.2, -0.15) is 0 Å². The molecule has 0 unspecified atom stereocenters.